The van der Waals surface area contributed by atoms with E-state index in [-0.39, 0.29) is 24.3 Å². The summed E-state index contributed by atoms with van der Waals surface area (Å²) in [6.45, 7) is 3.13. The summed E-state index contributed by atoms with van der Waals surface area (Å²) in [6.07, 6.45) is 10.6. The van der Waals surface area contributed by atoms with E-state index in [1.165, 1.54) is 0 Å². The van der Waals surface area contributed by atoms with Gasteiger partial charge in [0.05, 0.1) is 17.4 Å². The minimum atomic E-state index is -1.25. The zero-order valence-corrected chi connectivity index (χ0v) is 22.1. The molecule has 0 aliphatic carbocycles. The molecule has 0 bridgehead atoms. The lowest BCUT2D eigenvalue weighted by molar-refractivity contribution is -0.148. The van der Waals surface area contributed by atoms with Crippen molar-refractivity contribution in [2.75, 3.05) is 38.2 Å². The molecule has 4 aliphatic rings. The van der Waals surface area contributed by atoms with Crippen molar-refractivity contribution in [3.8, 4) is 0 Å². The van der Waals surface area contributed by atoms with Gasteiger partial charge in [0.15, 0.2) is 0 Å². The summed E-state index contributed by atoms with van der Waals surface area (Å²) in [6, 6.07) is 6.16. The van der Waals surface area contributed by atoms with Gasteiger partial charge in [-0.25, -0.2) is 0 Å². The van der Waals surface area contributed by atoms with Crippen molar-refractivity contribution in [3.05, 3.63) is 53.6 Å². The Bertz CT molecular complexity index is 1140. The topological polar surface area (TPSA) is 90.4 Å². The zero-order chi connectivity index (χ0) is 26.4. The Morgan fingerprint density at radius 1 is 0.946 bits per heavy atom. The highest BCUT2D eigenvalue weighted by molar-refractivity contribution is 6.30. The largest absolute Gasteiger partial charge is 0.396 e. The van der Waals surface area contributed by atoms with E-state index in [0.29, 0.717) is 43.2 Å². The normalized spacial score (nSPS) is 32.9. The second-order valence-corrected chi connectivity index (χ2v) is 11.1. The first-order valence-electron chi connectivity index (χ1n) is 13.0. The molecule has 0 aromatic heterocycles. The van der Waals surface area contributed by atoms with Crippen molar-refractivity contribution in [2.45, 2.75) is 49.9 Å². The van der Waals surface area contributed by atoms with Gasteiger partial charge in [-0.05, 0) is 44.0 Å². The minimum Gasteiger partial charge on any atom is -0.396 e. The fourth-order valence-electron chi connectivity index (χ4n) is 6.48. The Morgan fingerprint density at radius 3 is 2.38 bits per heavy atom. The van der Waals surface area contributed by atoms with Crippen molar-refractivity contribution in [3.63, 3.8) is 0 Å². The predicted octanol–water partition coefficient (Wildman–Crippen LogP) is 2.79. The van der Waals surface area contributed by atoms with Crippen LogP contribution in [0.15, 0.2) is 48.6 Å². The van der Waals surface area contributed by atoms with Gasteiger partial charge in [0.2, 0.25) is 11.8 Å². The van der Waals surface area contributed by atoms with Gasteiger partial charge in [-0.15, -0.1) is 0 Å². The molecule has 198 valence electrons. The second kappa shape index (κ2) is 9.89. The van der Waals surface area contributed by atoms with Crippen LogP contribution in [-0.2, 0) is 19.1 Å². The van der Waals surface area contributed by atoms with Crippen LogP contribution in [0.1, 0.15) is 32.6 Å². The summed E-state index contributed by atoms with van der Waals surface area (Å²) in [5.74, 6) is -2.13. The molecule has 37 heavy (non-hydrogen) atoms. The zero-order valence-electron chi connectivity index (χ0n) is 21.3. The lowest BCUT2D eigenvalue weighted by Gasteiger charge is -2.37. The molecule has 1 aromatic carbocycles. The van der Waals surface area contributed by atoms with Crippen molar-refractivity contribution in [1.29, 1.82) is 0 Å². The van der Waals surface area contributed by atoms with Gasteiger partial charge in [0.25, 0.3) is 5.91 Å². The number of fused-ring (bicyclic) bond motifs is 2. The van der Waals surface area contributed by atoms with E-state index in [0.717, 1.165) is 12.8 Å². The Morgan fingerprint density at radius 2 is 1.65 bits per heavy atom. The van der Waals surface area contributed by atoms with Crippen LogP contribution in [-0.4, -0.2) is 83.2 Å². The van der Waals surface area contributed by atoms with Gasteiger partial charge in [-0.3, -0.25) is 14.4 Å². The van der Waals surface area contributed by atoms with Crippen LogP contribution in [0, 0.1) is 11.8 Å². The van der Waals surface area contributed by atoms with Gasteiger partial charge in [0, 0.05) is 44.0 Å². The predicted molar refractivity (Wildman–Crippen MR) is 140 cm³/mol. The van der Waals surface area contributed by atoms with E-state index in [9.17, 15) is 14.4 Å². The number of amides is 3. The third kappa shape index (κ3) is 4.19. The summed E-state index contributed by atoms with van der Waals surface area (Å²) in [4.78, 5) is 47.0. The molecule has 1 spiro atoms. The van der Waals surface area contributed by atoms with E-state index in [1.54, 1.807) is 46.0 Å². The summed E-state index contributed by atoms with van der Waals surface area (Å²) in [5, 5.41) is 9.69. The SMILES string of the molecule is CN1CC=C[C@@]2(C)O[C@]34C=CCN(c5ccc(Cl)cc5)C(=O)C3N(CCCCCCO)C(=O)[C@@H]4[C@H]2C1=O. The first-order valence-corrected chi connectivity index (χ1v) is 13.4. The Hall–Kier alpha value is -2.68. The number of nitrogens with zero attached hydrogens (tertiary/aromatic N) is 3. The average Bonchev–Trinajstić information content (AvgIpc) is 3.14. The number of anilines is 1. The molecule has 8 nitrogen and oxygen atoms in total. The molecule has 0 radical (unpaired) electrons. The van der Waals surface area contributed by atoms with Crippen molar-refractivity contribution < 1.29 is 24.2 Å². The van der Waals surface area contributed by atoms with E-state index in [2.05, 4.69) is 0 Å². The summed E-state index contributed by atoms with van der Waals surface area (Å²) in [7, 11) is 1.73. The number of hydrogen-bond acceptors (Lipinski definition) is 5. The molecule has 5 atom stereocenters. The molecule has 9 heteroatoms. The third-order valence-corrected chi connectivity index (χ3v) is 8.46. The van der Waals surface area contributed by atoms with E-state index >= 15 is 0 Å². The number of hydrogen-bond donors (Lipinski definition) is 1. The highest BCUT2D eigenvalue weighted by Gasteiger charge is 2.74. The fourth-order valence-corrected chi connectivity index (χ4v) is 6.61. The molecule has 2 saturated heterocycles. The number of likely N-dealkylation sites (tertiary alicyclic amines) is 1. The maximum atomic E-state index is 14.3. The Labute approximate surface area is 222 Å². The van der Waals surface area contributed by atoms with Crippen molar-refractivity contribution in [2.24, 2.45) is 11.8 Å². The van der Waals surface area contributed by atoms with Crippen LogP contribution in [0.5, 0.6) is 0 Å². The van der Waals surface area contributed by atoms with Crippen molar-refractivity contribution >= 4 is 35.0 Å². The number of likely N-dealkylation sites (N-methyl/N-ethyl adjacent to an activating group) is 1. The van der Waals surface area contributed by atoms with Gasteiger partial charge < -0.3 is 24.5 Å². The first kappa shape index (κ1) is 25.9. The lowest BCUT2D eigenvalue weighted by Crippen LogP contribution is -2.56. The quantitative estimate of drug-likeness (QED) is 0.435. The van der Waals surface area contributed by atoms with Gasteiger partial charge in [-0.1, -0.05) is 48.7 Å². The molecule has 1 unspecified atom stereocenters. The smallest absolute Gasteiger partial charge is 0.253 e. The average molecular weight is 528 g/mol. The maximum absolute atomic E-state index is 14.3. The number of aliphatic hydroxyl groups excluding tert-OH is 1. The number of benzene rings is 1. The number of aliphatic hydroxyl groups is 1. The number of rotatable bonds is 7. The van der Waals surface area contributed by atoms with E-state index in [4.69, 9.17) is 21.4 Å². The molecule has 1 aromatic rings. The molecule has 1 N–H and O–H groups in total. The van der Waals surface area contributed by atoms with Crippen molar-refractivity contribution in [1.82, 2.24) is 9.80 Å². The van der Waals surface area contributed by atoms with Crippen LogP contribution in [0.4, 0.5) is 5.69 Å². The van der Waals surface area contributed by atoms with Gasteiger partial charge >= 0.3 is 0 Å². The number of carbonyl (C=O) groups excluding carboxylic acids is 3. The monoisotopic (exact) mass is 527 g/mol. The molecule has 2 fully saturated rings. The number of carbonyl (C=O) groups is 3. The molecule has 0 saturated carbocycles. The lowest BCUT2D eigenvalue weighted by atomic mass is 9.74. The molecular weight excluding hydrogens is 494 g/mol. The Kier molecular flexibility index (Phi) is 6.94. The van der Waals surface area contributed by atoms with Gasteiger partial charge in [0.1, 0.15) is 11.6 Å². The number of ether oxygens (including phenoxy) is 1. The highest BCUT2D eigenvalue weighted by Crippen LogP contribution is 2.57. The van der Waals surface area contributed by atoms with Crippen LogP contribution in [0.3, 0.4) is 0 Å². The van der Waals surface area contributed by atoms with E-state index < -0.39 is 29.1 Å². The molecule has 5 rings (SSSR count). The highest BCUT2D eigenvalue weighted by atomic mass is 35.5. The maximum Gasteiger partial charge on any atom is 0.253 e. The first-order chi connectivity index (χ1) is 17.7. The second-order valence-electron chi connectivity index (χ2n) is 10.6. The summed E-state index contributed by atoms with van der Waals surface area (Å²) >= 11 is 6.09. The summed E-state index contributed by atoms with van der Waals surface area (Å²) in [5.41, 5.74) is -1.57. The fraction of sp³-hybridized carbons (Fsp3) is 0.536. The van der Waals surface area contributed by atoms with Crippen LogP contribution < -0.4 is 4.90 Å². The Balaban J connectivity index is 1.57. The van der Waals surface area contributed by atoms with Crippen LogP contribution >= 0.6 is 11.6 Å². The number of unbranched alkanes of at least 4 members (excludes halogenated alkanes) is 3. The van der Waals surface area contributed by atoms with Crippen LogP contribution in [0.25, 0.3) is 0 Å². The third-order valence-electron chi connectivity index (χ3n) is 8.20. The molecule has 4 heterocycles. The summed E-state index contributed by atoms with van der Waals surface area (Å²) < 4.78 is 6.78. The number of halogens is 1. The van der Waals surface area contributed by atoms with Gasteiger partial charge in [-0.2, -0.15) is 0 Å². The minimum absolute atomic E-state index is 0.132. The molecule has 3 amide bonds. The van der Waals surface area contributed by atoms with E-state index in [1.807, 2.05) is 31.2 Å². The molecular formula is C28H34ClN3O5. The molecule has 4 aliphatic heterocycles. The standard InChI is InChI=1S/C28H34ClN3O5/c1-27-13-7-15-30(2)24(34)21(27)22-25(35)32(16-5-3-4-6-18-33)23-26(36)31(17-8-14-28(22,23)37-27)20-11-9-19(29)10-12-20/h7-14,21-23,33H,3-6,15-18H2,1-2H3/t21-,22-,23?,27+,28-/m0/s1. The van der Waals surface area contributed by atoms with Crippen LogP contribution in [0.2, 0.25) is 5.02 Å².